The molecule has 0 bridgehead atoms. The molecule has 1 aromatic carbocycles. The molecule has 3 rings (SSSR count). The predicted molar refractivity (Wildman–Crippen MR) is 81.8 cm³/mol. The van der Waals surface area contributed by atoms with Crippen LogP contribution < -0.4 is 4.74 Å². The first-order valence-corrected chi connectivity index (χ1v) is 7.03. The van der Waals surface area contributed by atoms with Gasteiger partial charge in [0.1, 0.15) is 17.5 Å². The third-order valence-electron chi connectivity index (χ3n) is 3.04. The highest BCUT2D eigenvalue weighted by Crippen LogP contribution is 2.26. The Morgan fingerprint density at radius 2 is 2.05 bits per heavy atom. The summed E-state index contributed by atoms with van der Waals surface area (Å²) in [4.78, 5) is 8.61. The maximum atomic E-state index is 6.13. The lowest BCUT2D eigenvalue weighted by atomic mass is 10.2. The van der Waals surface area contributed by atoms with Crippen LogP contribution in [0.25, 0.3) is 11.0 Å². The molecule has 0 aliphatic carbocycles. The van der Waals surface area contributed by atoms with Crippen molar-refractivity contribution in [3.05, 3.63) is 46.0 Å². The smallest absolute Gasteiger partial charge is 0.170 e. The Kier molecular flexibility index (Phi) is 3.69. The van der Waals surface area contributed by atoms with Gasteiger partial charge in [0.2, 0.25) is 0 Å². The number of halogens is 2. The van der Waals surface area contributed by atoms with Crippen molar-refractivity contribution in [1.82, 2.24) is 19.7 Å². The van der Waals surface area contributed by atoms with E-state index in [1.807, 2.05) is 19.1 Å². The summed E-state index contributed by atoms with van der Waals surface area (Å²) < 4.78 is 7.32. The SMILES string of the molecule is Cc1ccc(Cl)c(OCc2nc(Cl)c3cnn(C)c3n2)c1. The summed E-state index contributed by atoms with van der Waals surface area (Å²) >= 11 is 12.2. The number of aryl methyl sites for hydroxylation is 2. The molecule has 3 aromatic rings. The standard InChI is InChI=1S/C14H12Cl2N4O/c1-8-3-4-10(15)11(5-8)21-7-12-18-13(16)9-6-17-20(2)14(9)19-12/h3-6H,7H2,1-2H3. The summed E-state index contributed by atoms with van der Waals surface area (Å²) in [5, 5.41) is 5.74. The molecule has 21 heavy (non-hydrogen) atoms. The first-order valence-electron chi connectivity index (χ1n) is 6.27. The van der Waals surface area contributed by atoms with E-state index in [4.69, 9.17) is 27.9 Å². The van der Waals surface area contributed by atoms with Crippen LogP contribution in [0.5, 0.6) is 5.75 Å². The fourth-order valence-corrected chi connectivity index (χ4v) is 2.36. The van der Waals surface area contributed by atoms with Crippen molar-refractivity contribution < 1.29 is 4.74 Å². The highest BCUT2D eigenvalue weighted by molar-refractivity contribution is 6.33. The van der Waals surface area contributed by atoms with Gasteiger partial charge in [-0.05, 0) is 24.6 Å². The Labute approximate surface area is 131 Å². The van der Waals surface area contributed by atoms with Gasteiger partial charge in [0.25, 0.3) is 0 Å². The zero-order chi connectivity index (χ0) is 15.0. The van der Waals surface area contributed by atoms with Crippen LogP contribution in [-0.2, 0) is 13.7 Å². The van der Waals surface area contributed by atoms with Crippen LogP contribution in [0.2, 0.25) is 10.2 Å². The summed E-state index contributed by atoms with van der Waals surface area (Å²) in [7, 11) is 1.80. The van der Waals surface area contributed by atoms with E-state index in [0.717, 1.165) is 10.9 Å². The molecule has 0 atom stereocenters. The number of hydrogen-bond donors (Lipinski definition) is 0. The average molecular weight is 323 g/mol. The van der Waals surface area contributed by atoms with Crippen molar-refractivity contribution in [2.45, 2.75) is 13.5 Å². The molecule has 5 nitrogen and oxygen atoms in total. The molecule has 0 radical (unpaired) electrons. The molecule has 7 heteroatoms. The van der Waals surface area contributed by atoms with Gasteiger partial charge in [0.05, 0.1) is 16.6 Å². The topological polar surface area (TPSA) is 52.8 Å². The van der Waals surface area contributed by atoms with E-state index in [9.17, 15) is 0 Å². The van der Waals surface area contributed by atoms with Gasteiger partial charge < -0.3 is 4.74 Å². The molecule has 0 spiro atoms. The second-order valence-corrected chi connectivity index (χ2v) is 5.42. The van der Waals surface area contributed by atoms with Crippen LogP contribution >= 0.6 is 23.2 Å². The fraction of sp³-hybridized carbons (Fsp3) is 0.214. The third kappa shape index (κ3) is 2.80. The minimum absolute atomic E-state index is 0.185. The van der Waals surface area contributed by atoms with Crippen LogP contribution in [0.4, 0.5) is 0 Å². The maximum Gasteiger partial charge on any atom is 0.170 e. The van der Waals surface area contributed by atoms with E-state index in [2.05, 4.69) is 15.1 Å². The average Bonchev–Trinajstić information content (AvgIpc) is 2.82. The number of nitrogens with zero attached hydrogens (tertiary/aromatic N) is 4. The molecule has 0 fully saturated rings. The van der Waals surface area contributed by atoms with Crippen molar-refractivity contribution in [3.8, 4) is 5.75 Å². The summed E-state index contributed by atoms with van der Waals surface area (Å²) in [6.45, 7) is 2.16. The lowest BCUT2D eigenvalue weighted by molar-refractivity contribution is 0.296. The molecule has 0 amide bonds. The monoisotopic (exact) mass is 322 g/mol. The van der Waals surface area contributed by atoms with Crippen molar-refractivity contribution >= 4 is 34.2 Å². The summed E-state index contributed by atoms with van der Waals surface area (Å²) in [6, 6.07) is 5.58. The van der Waals surface area contributed by atoms with Gasteiger partial charge in [-0.15, -0.1) is 0 Å². The van der Waals surface area contributed by atoms with Crippen molar-refractivity contribution in [1.29, 1.82) is 0 Å². The Bertz CT molecular complexity index is 816. The van der Waals surface area contributed by atoms with Crippen molar-refractivity contribution in [2.24, 2.45) is 7.05 Å². The fourth-order valence-electron chi connectivity index (χ4n) is 1.96. The quantitative estimate of drug-likeness (QED) is 0.692. The van der Waals surface area contributed by atoms with Gasteiger partial charge in [-0.2, -0.15) is 5.10 Å². The second kappa shape index (κ2) is 5.50. The normalized spacial score (nSPS) is 11.0. The van der Waals surface area contributed by atoms with Gasteiger partial charge in [0, 0.05) is 7.05 Å². The molecule has 0 saturated heterocycles. The number of aromatic nitrogens is 4. The van der Waals surface area contributed by atoms with E-state index < -0.39 is 0 Å². The molecule has 2 heterocycles. The Balaban J connectivity index is 1.88. The van der Waals surface area contributed by atoms with Crippen LogP contribution in [0, 0.1) is 6.92 Å². The van der Waals surface area contributed by atoms with Gasteiger partial charge in [-0.25, -0.2) is 9.97 Å². The first-order chi connectivity index (χ1) is 10.0. The Morgan fingerprint density at radius 1 is 1.24 bits per heavy atom. The summed E-state index contributed by atoms with van der Waals surface area (Å²) in [5.74, 6) is 1.08. The molecule has 0 aliphatic heterocycles. The van der Waals surface area contributed by atoms with E-state index in [1.165, 1.54) is 0 Å². The molecule has 0 unspecified atom stereocenters. The van der Waals surface area contributed by atoms with E-state index in [0.29, 0.717) is 27.4 Å². The molecule has 0 saturated carbocycles. The first kappa shape index (κ1) is 14.1. The number of benzene rings is 1. The van der Waals surface area contributed by atoms with E-state index in [1.54, 1.807) is 24.0 Å². The lowest BCUT2D eigenvalue weighted by Gasteiger charge is -2.08. The third-order valence-corrected chi connectivity index (χ3v) is 3.64. The molecule has 0 aliphatic rings. The van der Waals surface area contributed by atoms with Gasteiger partial charge >= 0.3 is 0 Å². The van der Waals surface area contributed by atoms with Crippen LogP contribution in [0.15, 0.2) is 24.4 Å². The molecular formula is C14H12Cl2N4O. The van der Waals surface area contributed by atoms with Gasteiger partial charge in [-0.1, -0.05) is 29.3 Å². The molecule has 0 N–H and O–H groups in total. The maximum absolute atomic E-state index is 6.13. The molecule has 108 valence electrons. The number of fused-ring (bicyclic) bond motifs is 1. The summed E-state index contributed by atoms with van der Waals surface area (Å²) in [5.41, 5.74) is 1.74. The number of rotatable bonds is 3. The number of hydrogen-bond acceptors (Lipinski definition) is 4. The van der Waals surface area contributed by atoms with E-state index in [-0.39, 0.29) is 6.61 Å². The zero-order valence-electron chi connectivity index (χ0n) is 11.5. The second-order valence-electron chi connectivity index (χ2n) is 4.66. The largest absolute Gasteiger partial charge is 0.484 e. The lowest BCUT2D eigenvalue weighted by Crippen LogP contribution is -2.04. The minimum atomic E-state index is 0.185. The summed E-state index contributed by atoms with van der Waals surface area (Å²) in [6.07, 6.45) is 1.64. The Hall–Kier alpha value is -1.85. The highest BCUT2D eigenvalue weighted by Gasteiger charge is 2.11. The van der Waals surface area contributed by atoms with Crippen molar-refractivity contribution in [3.63, 3.8) is 0 Å². The minimum Gasteiger partial charge on any atom is -0.484 e. The van der Waals surface area contributed by atoms with Gasteiger partial charge in [-0.3, -0.25) is 4.68 Å². The zero-order valence-corrected chi connectivity index (χ0v) is 13.0. The van der Waals surface area contributed by atoms with Crippen molar-refractivity contribution in [2.75, 3.05) is 0 Å². The van der Waals surface area contributed by atoms with Crippen LogP contribution in [-0.4, -0.2) is 19.7 Å². The van der Waals surface area contributed by atoms with Crippen LogP contribution in [0.1, 0.15) is 11.4 Å². The molecule has 2 aromatic heterocycles. The van der Waals surface area contributed by atoms with Gasteiger partial charge in [0.15, 0.2) is 11.5 Å². The number of ether oxygens (including phenoxy) is 1. The van der Waals surface area contributed by atoms with Crippen LogP contribution in [0.3, 0.4) is 0 Å². The predicted octanol–water partition coefficient (Wildman–Crippen LogP) is 3.56. The Morgan fingerprint density at radius 3 is 2.86 bits per heavy atom. The molecular weight excluding hydrogens is 311 g/mol. The highest BCUT2D eigenvalue weighted by atomic mass is 35.5. The van der Waals surface area contributed by atoms with E-state index >= 15 is 0 Å².